The molecule has 0 aliphatic carbocycles. The van der Waals surface area contributed by atoms with Gasteiger partial charge in [-0.3, -0.25) is 14.5 Å². The minimum Gasteiger partial charge on any atom is -0.469 e. The normalized spacial score (nSPS) is 15.8. The van der Waals surface area contributed by atoms with Crippen LogP contribution in [-0.2, 0) is 20.7 Å². The van der Waals surface area contributed by atoms with Gasteiger partial charge in [-0.15, -0.1) is 0 Å². The third-order valence-electron chi connectivity index (χ3n) is 3.78. The Labute approximate surface area is 125 Å². The smallest absolute Gasteiger partial charge is 0.306 e. The second-order valence-electron chi connectivity index (χ2n) is 5.21. The van der Waals surface area contributed by atoms with E-state index in [9.17, 15) is 9.59 Å². The van der Waals surface area contributed by atoms with Gasteiger partial charge in [-0.2, -0.15) is 0 Å². The molecule has 1 saturated heterocycles. The minimum absolute atomic E-state index is 0.175. The molecule has 1 aliphatic rings. The predicted molar refractivity (Wildman–Crippen MR) is 79.8 cm³/mol. The maximum absolute atomic E-state index is 12.2. The highest BCUT2D eigenvalue weighted by atomic mass is 16.5. The van der Waals surface area contributed by atoms with Crippen LogP contribution in [0.5, 0.6) is 0 Å². The molecule has 21 heavy (non-hydrogen) atoms. The topological polar surface area (TPSA) is 49.9 Å². The molecule has 0 bridgehead atoms. The van der Waals surface area contributed by atoms with Gasteiger partial charge in [-0.05, 0) is 5.56 Å². The van der Waals surface area contributed by atoms with E-state index in [1.54, 1.807) is 0 Å². The third-order valence-corrected chi connectivity index (χ3v) is 3.78. The lowest BCUT2D eigenvalue weighted by Gasteiger charge is -2.34. The first kappa shape index (κ1) is 15.5. The molecule has 1 fully saturated rings. The lowest BCUT2D eigenvalue weighted by molar-refractivity contribution is -0.141. The molecule has 0 aromatic heterocycles. The fourth-order valence-corrected chi connectivity index (χ4v) is 2.45. The van der Waals surface area contributed by atoms with Crippen molar-refractivity contribution < 1.29 is 14.3 Å². The third kappa shape index (κ3) is 4.86. The van der Waals surface area contributed by atoms with Crippen molar-refractivity contribution in [2.24, 2.45) is 0 Å². The Morgan fingerprint density at radius 1 is 1.10 bits per heavy atom. The molecule has 1 heterocycles. The number of ether oxygens (including phenoxy) is 1. The van der Waals surface area contributed by atoms with E-state index in [0.29, 0.717) is 19.4 Å². The minimum atomic E-state index is -0.183. The van der Waals surface area contributed by atoms with Gasteiger partial charge in [-0.1, -0.05) is 30.3 Å². The number of carbonyl (C=O) groups excluding carboxylic acids is 2. The maximum atomic E-state index is 12.2. The van der Waals surface area contributed by atoms with Gasteiger partial charge >= 0.3 is 5.97 Å². The Balaban J connectivity index is 1.73. The van der Waals surface area contributed by atoms with Crippen LogP contribution in [0.3, 0.4) is 0 Å². The summed E-state index contributed by atoms with van der Waals surface area (Å²) in [6.07, 6.45) is 0.872. The summed E-state index contributed by atoms with van der Waals surface area (Å²) in [5, 5.41) is 0. The van der Waals surface area contributed by atoms with Crippen molar-refractivity contribution in [3.63, 3.8) is 0 Å². The quantitative estimate of drug-likeness (QED) is 0.757. The van der Waals surface area contributed by atoms with Crippen LogP contribution in [0.2, 0.25) is 0 Å². The first-order chi connectivity index (χ1) is 10.2. The van der Waals surface area contributed by atoms with Crippen LogP contribution in [-0.4, -0.2) is 61.5 Å². The molecule has 2 rings (SSSR count). The van der Waals surface area contributed by atoms with Crippen molar-refractivity contribution in [1.29, 1.82) is 0 Å². The highest BCUT2D eigenvalue weighted by Gasteiger charge is 2.21. The van der Waals surface area contributed by atoms with Crippen LogP contribution < -0.4 is 0 Å². The molecule has 0 spiro atoms. The molecule has 0 N–H and O–H groups in total. The molecule has 0 radical (unpaired) electrons. The van der Waals surface area contributed by atoms with Crippen molar-refractivity contribution in [3.05, 3.63) is 35.9 Å². The first-order valence-corrected chi connectivity index (χ1v) is 7.30. The van der Waals surface area contributed by atoms with Gasteiger partial charge in [0.15, 0.2) is 0 Å². The molecule has 1 aromatic rings. The molecule has 5 nitrogen and oxygen atoms in total. The average molecular weight is 290 g/mol. The highest BCUT2D eigenvalue weighted by Crippen LogP contribution is 2.07. The van der Waals surface area contributed by atoms with Crippen molar-refractivity contribution >= 4 is 11.9 Å². The van der Waals surface area contributed by atoms with Crippen LogP contribution >= 0.6 is 0 Å². The summed E-state index contributed by atoms with van der Waals surface area (Å²) >= 11 is 0. The first-order valence-electron chi connectivity index (χ1n) is 7.30. The molecular formula is C16H22N2O3. The summed E-state index contributed by atoms with van der Waals surface area (Å²) in [6, 6.07) is 9.81. The fourth-order valence-electron chi connectivity index (χ4n) is 2.45. The standard InChI is InChI=1S/C16H22N2O3/c1-21-16(20)7-8-17-9-11-18(12-10-17)15(19)13-14-5-3-2-4-6-14/h2-6H,7-13H2,1H3. The number of amides is 1. The zero-order valence-electron chi connectivity index (χ0n) is 12.5. The van der Waals surface area contributed by atoms with Gasteiger partial charge in [0.2, 0.25) is 5.91 Å². The molecule has 0 atom stereocenters. The van der Waals surface area contributed by atoms with E-state index < -0.39 is 0 Å². The number of hydrogen-bond acceptors (Lipinski definition) is 4. The number of hydrogen-bond donors (Lipinski definition) is 0. The molecule has 5 heteroatoms. The SMILES string of the molecule is COC(=O)CCN1CCN(C(=O)Cc2ccccc2)CC1. The van der Waals surface area contributed by atoms with Gasteiger partial charge in [-0.25, -0.2) is 0 Å². The van der Waals surface area contributed by atoms with Gasteiger partial charge < -0.3 is 9.64 Å². The van der Waals surface area contributed by atoms with Crippen molar-refractivity contribution in [1.82, 2.24) is 9.80 Å². The number of carbonyl (C=O) groups is 2. The van der Waals surface area contributed by atoms with Gasteiger partial charge in [0.25, 0.3) is 0 Å². The van der Waals surface area contributed by atoms with E-state index in [0.717, 1.165) is 31.7 Å². The van der Waals surface area contributed by atoms with Crippen LogP contribution in [0.25, 0.3) is 0 Å². The summed E-state index contributed by atoms with van der Waals surface area (Å²) in [5.74, 6) is -0.00796. The van der Waals surface area contributed by atoms with E-state index in [1.165, 1.54) is 7.11 Å². The monoisotopic (exact) mass is 290 g/mol. The molecule has 0 unspecified atom stereocenters. The summed E-state index contributed by atoms with van der Waals surface area (Å²) in [6.45, 7) is 3.79. The molecule has 114 valence electrons. The fraction of sp³-hybridized carbons (Fsp3) is 0.500. The number of piperazine rings is 1. The van der Waals surface area contributed by atoms with Crippen LogP contribution in [0, 0.1) is 0 Å². The maximum Gasteiger partial charge on any atom is 0.306 e. The number of methoxy groups -OCH3 is 1. The van der Waals surface area contributed by atoms with Gasteiger partial charge in [0.1, 0.15) is 0 Å². The number of esters is 1. The van der Waals surface area contributed by atoms with E-state index in [1.807, 2.05) is 35.2 Å². The molecule has 1 aliphatic heterocycles. The molecular weight excluding hydrogens is 268 g/mol. The van der Waals surface area contributed by atoms with Crippen molar-refractivity contribution in [2.75, 3.05) is 39.8 Å². The summed E-state index contributed by atoms with van der Waals surface area (Å²) < 4.78 is 4.64. The molecule has 1 aromatic carbocycles. The summed E-state index contributed by atoms with van der Waals surface area (Å²) in [7, 11) is 1.41. The van der Waals surface area contributed by atoms with E-state index in [2.05, 4.69) is 9.64 Å². The summed E-state index contributed by atoms with van der Waals surface area (Å²) in [5.41, 5.74) is 1.05. The average Bonchev–Trinajstić information content (AvgIpc) is 2.54. The Morgan fingerprint density at radius 2 is 1.76 bits per heavy atom. The zero-order valence-corrected chi connectivity index (χ0v) is 12.5. The Hall–Kier alpha value is -1.88. The van der Waals surface area contributed by atoms with Crippen molar-refractivity contribution in [3.8, 4) is 0 Å². The Kier molecular flexibility index (Phi) is 5.75. The lowest BCUT2D eigenvalue weighted by Crippen LogP contribution is -2.49. The van der Waals surface area contributed by atoms with Crippen LogP contribution in [0.4, 0.5) is 0 Å². The highest BCUT2D eigenvalue weighted by molar-refractivity contribution is 5.78. The van der Waals surface area contributed by atoms with Gasteiger partial charge in [0, 0.05) is 32.7 Å². The second kappa shape index (κ2) is 7.78. The van der Waals surface area contributed by atoms with E-state index >= 15 is 0 Å². The number of benzene rings is 1. The predicted octanol–water partition coefficient (Wildman–Crippen LogP) is 0.936. The lowest BCUT2D eigenvalue weighted by atomic mass is 10.1. The van der Waals surface area contributed by atoms with E-state index in [-0.39, 0.29) is 11.9 Å². The Bertz CT molecular complexity index is 468. The van der Waals surface area contributed by atoms with Crippen molar-refractivity contribution in [2.45, 2.75) is 12.8 Å². The van der Waals surface area contributed by atoms with E-state index in [4.69, 9.17) is 0 Å². The van der Waals surface area contributed by atoms with Gasteiger partial charge in [0.05, 0.1) is 20.0 Å². The van der Waals surface area contributed by atoms with Crippen LogP contribution in [0.1, 0.15) is 12.0 Å². The largest absolute Gasteiger partial charge is 0.469 e. The second-order valence-corrected chi connectivity index (χ2v) is 5.21. The van der Waals surface area contributed by atoms with Crippen LogP contribution in [0.15, 0.2) is 30.3 Å². The molecule has 1 amide bonds. The molecule has 0 saturated carbocycles. The zero-order chi connectivity index (χ0) is 15.1. The summed E-state index contributed by atoms with van der Waals surface area (Å²) in [4.78, 5) is 27.4. The Morgan fingerprint density at radius 3 is 2.38 bits per heavy atom. The number of rotatable bonds is 5. The number of nitrogens with zero attached hydrogens (tertiary/aromatic N) is 2.